The van der Waals surface area contributed by atoms with E-state index in [2.05, 4.69) is 9.97 Å². The molecule has 25 heavy (non-hydrogen) atoms. The summed E-state index contributed by atoms with van der Waals surface area (Å²) in [5, 5.41) is 0.518. The van der Waals surface area contributed by atoms with Crippen molar-refractivity contribution in [3.05, 3.63) is 41.2 Å². The second-order valence-corrected chi connectivity index (χ2v) is 7.19. The summed E-state index contributed by atoms with van der Waals surface area (Å²) < 4.78 is 25.4. The van der Waals surface area contributed by atoms with Gasteiger partial charge in [0.2, 0.25) is 0 Å². The van der Waals surface area contributed by atoms with Gasteiger partial charge in [-0.3, -0.25) is 9.19 Å². The number of methoxy groups -OCH3 is 2. The van der Waals surface area contributed by atoms with E-state index in [4.69, 9.17) is 9.47 Å². The molecule has 0 bridgehead atoms. The van der Waals surface area contributed by atoms with Crippen molar-refractivity contribution in [2.24, 2.45) is 7.05 Å². The lowest BCUT2D eigenvalue weighted by Crippen LogP contribution is -2.07. The summed E-state index contributed by atoms with van der Waals surface area (Å²) in [4.78, 5) is 8.95. The Morgan fingerprint density at radius 1 is 1.20 bits per heavy atom. The van der Waals surface area contributed by atoms with E-state index in [9.17, 15) is 4.21 Å². The van der Waals surface area contributed by atoms with Crippen molar-refractivity contribution in [2.45, 2.75) is 24.8 Å². The van der Waals surface area contributed by atoms with Crippen LogP contribution in [0.4, 0.5) is 0 Å². The fraction of sp³-hybridized carbons (Fsp3) is 0.333. The molecule has 1 atom stereocenters. The topological polar surface area (TPSA) is 66.2 Å². The van der Waals surface area contributed by atoms with E-state index in [1.165, 1.54) is 0 Å². The number of aryl methyl sites for hydroxylation is 2. The molecule has 0 aliphatic carbocycles. The van der Waals surface area contributed by atoms with Crippen LogP contribution in [-0.2, 0) is 23.6 Å². The number of nitrogens with zero attached hydrogens (tertiary/aromatic N) is 3. The zero-order valence-corrected chi connectivity index (χ0v) is 15.8. The summed E-state index contributed by atoms with van der Waals surface area (Å²) in [5.74, 6) is 1.82. The van der Waals surface area contributed by atoms with E-state index in [0.717, 1.165) is 39.4 Å². The first-order valence-corrected chi connectivity index (χ1v) is 9.16. The lowest BCUT2D eigenvalue weighted by molar-refractivity contribution is 0.407. The Balaban J connectivity index is 1.97. The molecular formula is C18H21N3O3S. The van der Waals surface area contributed by atoms with Crippen molar-refractivity contribution in [2.75, 3.05) is 14.2 Å². The maximum Gasteiger partial charge on any atom is 0.200 e. The average molecular weight is 359 g/mol. The number of benzene rings is 1. The number of imidazole rings is 1. The van der Waals surface area contributed by atoms with Gasteiger partial charge >= 0.3 is 0 Å². The third kappa shape index (κ3) is 3.11. The molecule has 2 aromatic heterocycles. The van der Waals surface area contributed by atoms with Gasteiger partial charge in [-0.15, -0.1) is 0 Å². The van der Waals surface area contributed by atoms with E-state index in [1.807, 2.05) is 43.7 Å². The smallest absolute Gasteiger partial charge is 0.200 e. The van der Waals surface area contributed by atoms with Crippen LogP contribution >= 0.6 is 0 Å². The zero-order chi connectivity index (χ0) is 18.1. The molecule has 132 valence electrons. The number of fused-ring (bicyclic) bond motifs is 1. The number of rotatable bonds is 5. The average Bonchev–Trinajstić information content (AvgIpc) is 2.94. The predicted octanol–water partition coefficient (Wildman–Crippen LogP) is 2.91. The third-order valence-electron chi connectivity index (χ3n) is 4.27. The summed E-state index contributed by atoms with van der Waals surface area (Å²) >= 11 is 0. The second-order valence-electron chi connectivity index (χ2n) is 5.84. The van der Waals surface area contributed by atoms with Gasteiger partial charge in [0, 0.05) is 30.4 Å². The molecule has 0 unspecified atom stereocenters. The molecule has 0 amide bonds. The lowest BCUT2D eigenvalue weighted by atomic mass is 10.1. The van der Waals surface area contributed by atoms with Crippen molar-refractivity contribution in [1.82, 2.24) is 14.5 Å². The molecule has 0 aliphatic heterocycles. The molecule has 0 saturated carbocycles. The van der Waals surface area contributed by atoms with Gasteiger partial charge in [0.15, 0.2) is 5.16 Å². The first-order valence-electron chi connectivity index (χ1n) is 7.84. The highest BCUT2D eigenvalue weighted by molar-refractivity contribution is 7.84. The number of aromatic nitrogens is 3. The summed E-state index contributed by atoms with van der Waals surface area (Å²) in [7, 11) is 3.79. The number of pyridine rings is 1. The van der Waals surface area contributed by atoms with Crippen LogP contribution in [-0.4, -0.2) is 33.0 Å². The minimum Gasteiger partial charge on any atom is -0.497 e. The maximum absolute atomic E-state index is 12.9. The molecule has 0 fully saturated rings. The number of ether oxygens (including phenoxy) is 2. The Bertz CT molecular complexity index is 966. The SMILES string of the molecule is COc1ccc2nc([S@](=O)Cc3ncc(C)c(OC)c3C)n(C)c2c1. The van der Waals surface area contributed by atoms with Crippen LogP contribution in [0, 0.1) is 13.8 Å². The summed E-state index contributed by atoms with van der Waals surface area (Å²) in [6.07, 6.45) is 1.75. The normalized spacial score (nSPS) is 12.4. The molecule has 3 rings (SSSR count). The molecule has 0 saturated heterocycles. The standard InChI is InChI=1S/C18H21N3O3S/c1-11-9-19-15(12(2)17(11)24-5)10-25(22)18-20-14-7-6-13(23-4)8-16(14)21(18)3/h6-9H,10H2,1-5H3/t25-/m1/s1. The van der Waals surface area contributed by atoms with E-state index in [-0.39, 0.29) is 5.75 Å². The maximum atomic E-state index is 12.9. The van der Waals surface area contributed by atoms with Crippen LogP contribution in [0.3, 0.4) is 0 Å². The lowest BCUT2D eigenvalue weighted by Gasteiger charge is -2.12. The Kier molecular flexibility index (Phi) is 4.76. The largest absolute Gasteiger partial charge is 0.497 e. The van der Waals surface area contributed by atoms with Gasteiger partial charge in [0.1, 0.15) is 11.5 Å². The van der Waals surface area contributed by atoms with E-state index in [0.29, 0.717) is 5.16 Å². The predicted molar refractivity (Wildman–Crippen MR) is 97.6 cm³/mol. The highest BCUT2D eigenvalue weighted by Gasteiger charge is 2.18. The molecule has 2 heterocycles. The van der Waals surface area contributed by atoms with Crippen LogP contribution in [0.5, 0.6) is 11.5 Å². The second kappa shape index (κ2) is 6.84. The molecular weight excluding hydrogens is 338 g/mol. The molecule has 0 spiro atoms. The molecule has 0 aliphatic rings. The minimum absolute atomic E-state index is 0.288. The fourth-order valence-corrected chi connectivity index (χ4v) is 4.16. The third-order valence-corrected chi connectivity index (χ3v) is 5.58. The number of hydrogen-bond donors (Lipinski definition) is 0. The van der Waals surface area contributed by atoms with Gasteiger partial charge in [0.25, 0.3) is 0 Å². The first kappa shape index (κ1) is 17.4. The van der Waals surface area contributed by atoms with Gasteiger partial charge in [-0.1, -0.05) is 0 Å². The monoisotopic (exact) mass is 359 g/mol. The van der Waals surface area contributed by atoms with E-state index < -0.39 is 10.8 Å². The van der Waals surface area contributed by atoms with Crippen LogP contribution < -0.4 is 9.47 Å². The summed E-state index contributed by atoms with van der Waals surface area (Å²) in [5.41, 5.74) is 4.30. The minimum atomic E-state index is -1.32. The van der Waals surface area contributed by atoms with Crippen LogP contribution in [0.2, 0.25) is 0 Å². The van der Waals surface area contributed by atoms with Gasteiger partial charge in [-0.25, -0.2) is 4.98 Å². The Morgan fingerprint density at radius 2 is 1.96 bits per heavy atom. The summed E-state index contributed by atoms with van der Waals surface area (Å²) in [6.45, 7) is 3.88. The van der Waals surface area contributed by atoms with Crippen LogP contribution in [0.1, 0.15) is 16.8 Å². The first-order chi connectivity index (χ1) is 12.0. The van der Waals surface area contributed by atoms with Gasteiger partial charge in [0.05, 0.1) is 47.5 Å². The van der Waals surface area contributed by atoms with Gasteiger partial charge in [-0.05, 0) is 26.0 Å². The van der Waals surface area contributed by atoms with E-state index >= 15 is 0 Å². The van der Waals surface area contributed by atoms with E-state index in [1.54, 1.807) is 20.4 Å². The number of hydrogen-bond acceptors (Lipinski definition) is 5. The molecule has 1 aromatic carbocycles. The molecule has 6 nitrogen and oxygen atoms in total. The molecule has 7 heteroatoms. The Hall–Kier alpha value is -2.41. The quantitative estimate of drug-likeness (QED) is 0.701. The Morgan fingerprint density at radius 3 is 2.64 bits per heavy atom. The van der Waals surface area contributed by atoms with Gasteiger partial charge < -0.3 is 14.0 Å². The van der Waals surface area contributed by atoms with Crippen molar-refractivity contribution < 1.29 is 13.7 Å². The fourth-order valence-electron chi connectivity index (χ4n) is 2.88. The zero-order valence-electron chi connectivity index (χ0n) is 15.0. The highest BCUT2D eigenvalue weighted by atomic mass is 32.2. The van der Waals surface area contributed by atoms with Gasteiger partial charge in [-0.2, -0.15) is 0 Å². The summed E-state index contributed by atoms with van der Waals surface area (Å²) in [6, 6.07) is 5.60. The van der Waals surface area contributed by atoms with Crippen molar-refractivity contribution >= 4 is 21.8 Å². The highest BCUT2D eigenvalue weighted by Crippen LogP contribution is 2.27. The van der Waals surface area contributed by atoms with Crippen LogP contribution in [0.25, 0.3) is 11.0 Å². The molecule has 0 radical (unpaired) electrons. The van der Waals surface area contributed by atoms with Crippen molar-refractivity contribution in [3.8, 4) is 11.5 Å². The van der Waals surface area contributed by atoms with Crippen LogP contribution in [0.15, 0.2) is 29.6 Å². The van der Waals surface area contributed by atoms with Crippen molar-refractivity contribution in [3.63, 3.8) is 0 Å². The Labute approximate surface area is 149 Å². The molecule has 3 aromatic rings. The molecule has 0 N–H and O–H groups in total. The van der Waals surface area contributed by atoms with Crippen molar-refractivity contribution in [1.29, 1.82) is 0 Å².